The third kappa shape index (κ3) is 3.99. The number of rotatable bonds is 4. The molecule has 1 spiro atoms. The van der Waals surface area contributed by atoms with Gasteiger partial charge in [-0.2, -0.15) is 0 Å². The Morgan fingerprint density at radius 1 is 1.22 bits per heavy atom. The van der Waals surface area contributed by atoms with Gasteiger partial charge in [-0.05, 0) is 44.9 Å². The maximum atomic E-state index is 11.2. The highest BCUT2D eigenvalue weighted by Crippen LogP contribution is 2.42. The molecule has 0 aliphatic carbocycles. The second-order valence-electron chi connectivity index (χ2n) is 8.06. The summed E-state index contributed by atoms with van der Waals surface area (Å²) in [6, 6.07) is 2.27. The number of nitrogens with zero attached hydrogens (tertiary/aromatic N) is 4. The Balaban J connectivity index is 1.38. The number of aromatic nitrogens is 2. The fourth-order valence-corrected chi connectivity index (χ4v) is 5.29. The normalized spacial score (nSPS) is 22.7. The highest BCUT2D eigenvalue weighted by Gasteiger charge is 2.43. The van der Waals surface area contributed by atoms with Crippen molar-refractivity contribution in [2.75, 3.05) is 36.4 Å². The molecule has 2 saturated heterocycles. The third-order valence-electron chi connectivity index (χ3n) is 5.71. The fraction of sp³-hybridized carbons (Fsp3) is 0.550. The summed E-state index contributed by atoms with van der Waals surface area (Å²) in [5.74, 6) is -0.0667. The molecule has 0 bridgehead atoms. The fourth-order valence-electron chi connectivity index (χ4n) is 4.39. The smallest absolute Gasteiger partial charge is 0.223 e. The van der Waals surface area contributed by atoms with Crippen LogP contribution in [0.5, 0.6) is 0 Å². The predicted octanol–water partition coefficient (Wildman–Crippen LogP) is 3.22. The number of carbonyl (C=O) groups excluding carboxylic acids is 1. The minimum Gasteiger partial charge on any atom is -0.369 e. The number of hydrogen-bond acceptors (Lipinski definition) is 6. The molecule has 27 heavy (non-hydrogen) atoms. The lowest BCUT2D eigenvalue weighted by Gasteiger charge is -2.26. The van der Waals surface area contributed by atoms with Crippen LogP contribution >= 0.6 is 11.3 Å². The van der Waals surface area contributed by atoms with Crippen molar-refractivity contribution in [3.8, 4) is 0 Å². The van der Waals surface area contributed by atoms with Crippen molar-refractivity contribution in [2.45, 2.75) is 40.2 Å². The van der Waals surface area contributed by atoms with E-state index in [-0.39, 0.29) is 5.91 Å². The van der Waals surface area contributed by atoms with Crippen molar-refractivity contribution in [3.63, 3.8) is 0 Å². The molecular weight excluding hydrogens is 358 g/mol. The molecule has 2 aliphatic rings. The molecule has 144 valence electrons. The van der Waals surface area contributed by atoms with E-state index in [1.165, 1.54) is 35.9 Å². The molecule has 2 aliphatic heterocycles. The minimum atomic E-state index is -0.0667. The number of aryl methyl sites for hydroxylation is 2. The molecule has 2 fully saturated rings. The van der Waals surface area contributed by atoms with Crippen LogP contribution in [0.1, 0.15) is 35.9 Å². The summed E-state index contributed by atoms with van der Waals surface area (Å²) in [5.41, 5.74) is 4.04. The lowest BCUT2D eigenvalue weighted by Crippen LogP contribution is -2.31. The van der Waals surface area contributed by atoms with E-state index >= 15 is 0 Å². The monoisotopic (exact) mass is 385 g/mol. The van der Waals surface area contributed by atoms with Gasteiger partial charge in [0.05, 0.1) is 11.4 Å². The van der Waals surface area contributed by atoms with Crippen molar-refractivity contribution in [2.24, 2.45) is 5.41 Å². The first-order valence-electron chi connectivity index (χ1n) is 9.55. The lowest BCUT2D eigenvalue weighted by atomic mass is 9.86. The molecule has 2 aromatic heterocycles. The molecule has 4 heterocycles. The van der Waals surface area contributed by atoms with Crippen LogP contribution in [0.4, 0.5) is 10.8 Å². The first-order valence-corrected chi connectivity index (χ1v) is 10.4. The van der Waals surface area contributed by atoms with Crippen molar-refractivity contribution < 1.29 is 4.79 Å². The van der Waals surface area contributed by atoms with Crippen LogP contribution < -0.4 is 10.2 Å². The van der Waals surface area contributed by atoms with E-state index in [0.717, 1.165) is 38.4 Å². The highest BCUT2D eigenvalue weighted by atomic mass is 32.1. The lowest BCUT2D eigenvalue weighted by molar-refractivity contribution is -0.114. The average Bonchev–Trinajstić information content (AvgIpc) is 3.32. The number of hydrogen-bond donors (Lipinski definition) is 1. The molecular formula is C20H27N5OS. The second-order valence-corrected chi connectivity index (χ2v) is 9.18. The molecule has 0 saturated carbocycles. The molecule has 1 atom stereocenters. The van der Waals surface area contributed by atoms with Gasteiger partial charge in [0.1, 0.15) is 0 Å². The number of thiazole rings is 1. The summed E-state index contributed by atoms with van der Waals surface area (Å²) in [7, 11) is 0. The van der Waals surface area contributed by atoms with Crippen LogP contribution in [0.15, 0.2) is 18.5 Å². The van der Waals surface area contributed by atoms with E-state index in [4.69, 9.17) is 0 Å². The molecule has 7 heteroatoms. The van der Waals surface area contributed by atoms with Gasteiger partial charge in [-0.15, -0.1) is 11.3 Å². The van der Waals surface area contributed by atoms with Crippen LogP contribution in [-0.2, 0) is 11.3 Å². The molecule has 2 aromatic rings. The second kappa shape index (κ2) is 7.20. The van der Waals surface area contributed by atoms with E-state index < -0.39 is 0 Å². The predicted molar refractivity (Wildman–Crippen MR) is 109 cm³/mol. The van der Waals surface area contributed by atoms with E-state index in [1.54, 1.807) is 11.3 Å². The Hall–Kier alpha value is -1.99. The first-order chi connectivity index (χ1) is 12.9. The number of likely N-dealkylation sites (tertiary alicyclic amines) is 1. The third-order valence-corrected chi connectivity index (χ3v) is 6.61. The van der Waals surface area contributed by atoms with Crippen LogP contribution in [-0.4, -0.2) is 47.0 Å². The van der Waals surface area contributed by atoms with Crippen LogP contribution in [0.2, 0.25) is 0 Å². The maximum absolute atomic E-state index is 11.2. The molecule has 1 N–H and O–H groups in total. The van der Waals surface area contributed by atoms with Crippen LogP contribution in [0.25, 0.3) is 0 Å². The zero-order chi connectivity index (χ0) is 19.0. The summed E-state index contributed by atoms with van der Waals surface area (Å²) < 4.78 is 0. The Bertz CT molecular complexity index is 851. The van der Waals surface area contributed by atoms with E-state index in [1.807, 2.05) is 12.4 Å². The van der Waals surface area contributed by atoms with Gasteiger partial charge in [0.15, 0.2) is 5.13 Å². The van der Waals surface area contributed by atoms with Gasteiger partial charge >= 0.3 is 0 Å². The average molecular weight is 386 g/mol. The first kappa shape index (κ1) is 18.4. The molecule has 6 nitrogen and oxygen atoms in total. The number of anilines is 2. The van der Waals surface area contributed by atoms with Gasteiger partial charge in [0.25, 0.3) is 0 Å². The van der Waals surface area contributed by atoms with Crippen molar-refractivity contribution >= 4 is 28.1 Å². The SMILES string of the molecule is CC(=O)Nc1ncc(CN2CCC3(CCN(c4cc(C)cnc4C)C3)C2)s1. The summed E-state index contributed by atoms with van der Waals surface area (Å²) in [4.78, 5) is 26.3. The largest absolute Gasteiger partial charge is 0.369 e. The van der Waals surface area contributed by atoms with Crippen LogP contribution in [0, 0.1) is 19.3 Å². The highest BCUT2D eigenvalue weighted by molar-refractivity contribution is 7.15. The minimum absolute atomic E-state index is 0.0667. The van der Waals surface area contributed by atoms with E-state index in [0.29, 0.717) is 10.5 Å². The summed E-state index contributed by atoms with van der Waals surface area (Å²) in [6.45, 7) is 11.2. The van der Waals surface area contributed by atoms with Gasteiger partial charge < -0.3 is 10.2 Å². The van der Waals surface area contributed by atoms with Crippen molar-refractivity contribution in [1.29, 1.82) is 0 Å². The summed E-state index contributed by atoms with van der Waals surface area (Å²) in [6.07, 6.45) is 6.34. The number of pyridine rings is 1. The summed E-state index contributed by atoms with van der Waals surface area (Å²) in [5, 5.41) is 3.47. The Labute approximate surface area is 164 Å². The van der Waals surface area contributed by atoms with Crippen molar-refractivity contribution in [3.05, 3.63) is 34.6 Å². The molecule has 0 aromatic carbocycles. The quantitative estimate of drug-likeness (QED) is 0.876. The van der Waals surface area contributed by atoms with E-state index in [2.05, 4.69) is 45.0 Å². The van der Waals surface area contributed by atoms with Gasteiger partial charge in [0, 0.05) is 55.8 Å². The zero-order valence-corrected chi connectivity index (χ0v) is 17.1. The topological polar surface area (TPSA) is 61.4 Å². The maximum Gasteiger partial charge on any atom is 0.223 e. The van der Waals surface area contributed by atoms with Crippen molar-refractivity contribution in [1.82, 2.24) is 14.9 Å². The summed E-state index contributed by atoms with van der Waals surface area (Å²) >= 11 is 1.58. The number of nitrogens with one attached hydrogen (secondary N) is 1. The molecule has 4 rings (SSSR count). The Morgan fingerprint density at radius 3 is 2.85 bits per heavy atom. The zero-order valence-electron chi connectivity index (χ0n) is 16.3. The Kier molecular flexibility index (Phi) is 4.90. The standard InChI is InChI=1S/C20H27N5OS/c1-14-8-18(15(2)21-9-14)25-7-5-20(13-25)4-6-24(12-20)11-17-10-22-19(27-17)23-16(3)26/h8-10H,4-7,11-13H2,1-3H3,(H,22,23,26). The number of amides is 1. The Morgan fingerprint density at radius 2 is 2.04 bits per heavy atom. The van der Waals surface area contributed by atoms with Gasteiger partial charge in [-0.3, -0.25) is 14.7 Å². The van der Waals surface area contributed by atoms with Gasteiger partial charge in [-0.1, -0.05) is 0 Å². The number of carbonyl (C=O) groups is 1. The van der Waals surface area contributed by atoms with E-state index in [9.17, 15) is 4.79 Å². The molecule has 0 radical (unpaired) electrons. The van der Waals surface area contributed by atoms with Crippen LogP contribution in [0.3, 0.4) is 0 Å². The van der Waals surface area contributed by atoms with Gasteiger partial charge in [0.2, 0.25) is 5.91 Å². The molecule has 1 unspecified atom stereocenters. The molecule has 1 amide bonds. The van der Waals surface area contributed by atoms with Gasteiger partial charge in [-0.25, -0.2) is 4.98 Å².